The number of ether oxygens (including phenoxy) is 1. The van der Waals surface area contributed by atoms with Crippen molar-refractivity contribution in [2.24, 2.45) is 23.7 Å². The van der Waals surface area contributed by atoms with Gasteiger partial charge in [-0.25, -0.2) is 0 Å². The van der Waals surface area contributed by atoms with Crippen LogP contribution in [0, 0.1) is 23.7 Å². The highest BCUT2D eigenvalue weighted by atomic mass is 16.5. The first-order valence-electron chi connectivity index (χ1n) is 14.7. The molecule has 1 saturated heterocycles. The number of hydrogen-bond donors (Lipinski definition) is 3. The molecule has 1 saturated carbocycles. The van der Waals surface area contributed by atoms with Gasteiger partial charge in [-0.15, -0.1) is 0 Å². The molecule has 6 nitrogen and oxygen atoms in total. The van der Waals surface area contributed by atoms with E-state index in [0.29, 0.717) is 24.8 Å². The molecule has 6 heteroatoms. The van der Waals surface area contributed by atoms with Gasteiger partial charge in [0.15, 0.2) is 0 Å². The third-order valence-corrected chi connectivity index (χ3v) is 9.51. The molecule has 0 amide bonds. The first kappa shape index (κ1) is 27.4. The van der Waals surface area contributed by atoms with Gasteiger partial charge in [-0.05, 0) is 102 Å². The van der Waals surface area contributed by atoms with Gasteiger partial charge >= 0.3 is 5.97 Å². The lowest BCUT2D eigenvalue weighted by molar-refractivity contribution is -0.146. The Balaban J connectivity index is 1.23. The fourth-order valence-electron chi connectivity index (χ4n) is 7.19. The van der Waals surface area contributed by atoms with Crippen molar-refractivity contribution in [3.8, 4) is 16.9 Å². The van der Waals surface area contributed by atoms with E-state index in [9.17, 15) is 15.0 Å². The van der Waals surface area contributed by atoms with Crippen LogP contribution in [0.5, 0.6) is 5.75 Å². The second kappa shape index (κ2) is 12.0. The average Bonchev–Trinajstić information content (AvgIpc) is 3.00. The van der Waals surface area contributed by atoms with Crippen LogP contribution < -0.4 is 10.1 Å². The maximum absolute atomic E-state index is 12.3. The Morgan fingerprint density at radius 3 is 2.51 bits per heavy atom. The van der Waals surface area contributed by atoms with Crippen molar-refractivity contribution in [1.29, 1.82) is 0 Å². The van der Waals surface area contributed by atoms with Crippen LogP contribution in [0.25, 0.3) is 22.0 Å². The summed E-state index contributed by atoms with van der Waals surface area (Å²) in [6.07, 6.45) is 4.41. The predicted octanol–water partition coefficient (Wildman–Crippen LogP) is 6.45. The zero-order valence-electron chi connectivity index (χ0n) is 23.4. The summed E-state index contributed by atoms with van der Waals surface area (Å²) in [4.78, 5) is 16.8. The first-order valence-corrected chi connectivity index (χ1v) is 14.7. The largest absolute Gasteiger partial charge is 0.497 e. The van der Waals surface area contributed by atoms with Crippen LogP contribution in [0.4, 0.5) is 0 Å². The summed E-state index contributed by atoms with van der Waals surface area (Å²) < 4.78 is 5.44. The summed E-state index contributed by atoms with van der Waals surface area (Å²) in [5.41, 5.74) is 5.41. The number of aromatic nitrogens is 1. The molecule has 2 aliphatic rings. The molecule has 0 spiro atoms. The van der Waals surface area contributed by atoms with E-state index >= 15 is 0 Å². The molecule has 1 aliphatic heterocycles. The lowest BCUT2D eigenvalue weighted by Gasteiger charge is -2.47. The number of piperidine rings is 1. The summed E-state index contributed by atoms with van der Waals surface area (Å²) in [5, 5.41) is 25.9. The van der Waals surface area contributed by atoms with Crippen molar-refractivity contribution in [2.45, 2.75) is 37.7 Å². The number of methoxy groups -OCH3 is 1. The van der Waals surface area contributed by atoms with Crippen molar-refractivity contribution in [3.05, 3.63) is 96.2 Å². The molecule has 1 aliphatic carbocycles. The van der Waals surface area contributed by atoms with E-state index in [4.69, 9.17) is 4.74 Å². The van der Waals surface area contributed by atoms with Crippen LogP contribution in [0.3, 0.4) is 0 Å². The van der Waals surface area contributed by atoms with Crippen molar-refractivity contribution in [3.63, 3.8) is 0 Å². The highest BCUT2D eigenvalue weighted by Gasteiger charge is 2.45. The third-order valence-electron chi connectivity index (χ3n) is 9.51. The number of rotatable bonds is 9. The Morgan fingerprint density at radius 1 is 1.02 bits per heavy atom. The van der Waals surface area contributed by atoms with Crippen LogP contribution in [0.15, 0.2) is 85.1 Å². The highest BCUT2D eigenvalue weighted by molar-refractivity contribution is 5.83. The number of nitrogens with zero attached hydrogens (tertiary/aromatic N) is 1. The maximum Gasteiger partial charge on any atom is 0.308 e. The number of carbonyl (C=O) groups is 1. The van der Waals surface area contributed by atoms with E-state index in [1.807, 2.05) is 30.3 Å². The molecule has 4 aromatic rings. The van der Waals surface area contributed by atoms with Crippen LogP contribution in [0.2, 0.25) is 0 Å². The molecule has 212 valence electrons. The van der Waals surface area contributed by atoms with E-state index in [-0.39, 0.29) is 11.8 Å². The summed E-state index contributed by atoms with van der Waals surface area (Å²) in [6, 6.07) is 26.9. The summed E-state index contributed by atoms with van der Waals surface area (Å²) in [5.74, 6) is 0.503. The zero-order chi connectivity index (χ0) is 28.3. The zero-order valence-corrected chi connectivity index (χ0v) is 23.4. The lowest BCUT2D eigenvalue weighted by Crippen LogP contribution is -2.47. The van der Waals surface area contributed by atoms with Gasteiger partial charge in [-0.2, -0.15) is 0 Å². The van der Waals surface area contributed by atoms with Gasteiger partial charge in [0.25, 0.3) is 0 Å². The quantitative estimate of drug-likeness (QED) is 0.222. The first-order chi connectivity index (χ1) is 20.0. The molecule has 2 unspecified atom stereocenters. The van der Waals surface area contributed by atoms with Crippen molar-refractivity contribution in [2.75, 3.05) is 20.2 Å². The molecular formula is C35H38N2O4. The van der Waals surface area contributed by atoms with Gasteiger partial charge in [0.1, 0.15) is 5.75 Å². The minimum Gasteiger partial charge on any atom is -0.497 e. The van der Waals surface area contributed by atoms with E-state index < -0.39 is 18.0 Å². The monoisotopic (exact) mass is 550 g/mol. The fraction of sp³-hybridized carbons (Fsp3) is 0.371. The number of benzene rings is 3. The Bertz CT molecular complexity index is 1480. The Morgan fingerprint density at radius 2 is 1.78 bits per heavy atom. The van der Waals surface area contributed by atoms with E-state index in [1.165, 1.54) is 16.7 Å². The number of pyridine rings is 1. The van der Waals surface area contributed by atoms with Crippen LogP contribution in [-0.2, 0) is 4.79 Å². The topological polar surface area (TPSA) is 91.7 Å². The third kappa shape index (κ3) is 5.72. The standard InChI is InChI=1S/C35H38N2O4/c1-41-27-11-12-33-31(19-27)29(14-16-37-33)34(38)20-30(28-13-15-36-21-32(28)35(39)40)26-17-25(18-26)24-9-7-23(8-10-24)22-5-3-2-4-6-22/h2-12,14,16,19,25-26,28,30,32,34,36,38H,13,15,17-18,20-21H2,1H3,(H,39,40)/t25?,26?,28?,30-,32?,34-/m1/s1. The lowest BCUT2D eigenvalue weighted by atomic mass is 9.59. The fourth-order valence-corrected chi connectivity index (χ4v) is 7.19. The molecule has 3 aromatic carbocycles. The van der Waals surface area contributed by atoms with Crippen molar-refractivity contribution < 1.29 is 19.7 Å². The Labute approximate surface area is 241 Å². The van der Waals surface area contributed by atoms with Gasteiger partial charge < -0.3 is 20.3 Å². The second-order valence-corrected chi connectivity index (χ2v) is 11.7. The highest BCUT2D eigenvalue weighted by Crippen LogP contribution is 2.52. The molecule has 4 atom stereocenters. The van der Waals surface area contributed by atoms with Crippen LogP contribution in [0.1, 0.15) is 48.8 Å². The minimum atomic E-state index is -0.742. The molecule has 0 bridgehead atoms. The smallest absolute Gasteiger partial charge is 0.308 e. The minimum absolute atomic E-state index is 0.0254. The molecular weight excluding hydrogens is 512 g/mol. The van der Waals surface area contributed by atoms with Crippen molar-refractivity contribution >= 4 is 16.9 Å². The summed E-state index contributed by atoms with van der Waals surface area (Å²) in [6.45, 7) is 1.30. The number of carboxylic acids is 1. The van der Waals surface area contributed by atoms with Gasteiger partial charge in [0.05, 0.1) is 24.6 Å². The normalized spacial score (nSPS) is 23.9. The van der Waals surface area contributed by atoms with Gasteiger partial charge in [-0.3, -0.25) is 9.78 Å². The SMILES string of the molecule is COc1ccc2nccc([C@H](O)C[C@H](C3CC(c4ccc(-c5ccccc5)cc4)C3)C3CCNCC3C(=O)O)c2c1. The molecule has 0 radical (unpaired) electrons. The molecule has 3 N–H and O–H groups in total. The molecule has 2 heterocycles. The van der Waals surface area contributed by atoms with Gasteiger partial charge in [-0.1, -0.05) is 54.6 Å². The molecule has 1 aromatic heterocycles. The van der Waals surface area contributed by atoms with Gasteiger partial charge in [0, 0.05) is 18.1 Å². The van der Waals surface area contributed by atoms with E-state index in [0.717, 1.165) is 48.0 Å². The summed E-state index contributed by atoms with van der Waals surface area (Å²) >= 11 is 0. The number of fused-ring (bicyclic) bond motifs is 1. The molecule has 6 rings (SSSR count). The predicted molar refractivity (Wildman–Crippen MR) is 161 cm³/mol. The van der Waals surface area contributed by atoms with Crippen LogP contribution in [-0.4, -0.2) is 41.4 Å². The Hall–Kier alpha value is -3.74. The number of nitrogens with one attached hydrogen (secondary N) is 1. The molecule has 2 fully saturated rings. The number of aliphatic hydroxyl groups is 1. The van der Waals surface area contributed by atoms with Gasteiger partial charge in [0.2, 0.25) is 0 Å². The van der Waals surface area contributed by atoms with Crippen molar-refractivity contribution in [1.82, 2.24) is 10.3 Å². The number of hydrogen-bond acceptors (Lipinski definition) is 5. The number of carboxylic acid groups (broad SMARTS) is 1. The number of aliphatic hydroxyl groups excluding tert-OH is 1. The number of aliphatic carboxylic acids is 1. The van der Waals surface area contributed by atoms with E-state index in [1.54, 1.807) is 13.3 Å². The maximum atomic E-state index is 12.3. The summed E-state index contributed by atoms with van der Waals surface area (Å²) in [7, 11) is 1.63. The Kier molecular flexibility index (Phi) is 8.04. The second-order valence-electron chi connectivity index (χ2n) is 11.7. The van der Waals surface area contributed by atoms with Crippen LogP contribution >= 0.6 is 0 Å². The van der Waals surface area contributed by atoms with E-state index in [2.05, 4.69) is 58.8 Å². The average molecular weight is 551 g/mol. The molecule has 41 heavy (non-hydrogen) atoms.